The number of nitrogens with one attached hydrogen (secondary N) is 1. The van der Waals surface area contributed by atoms with Crippen LogP contribution in [0, 0.1) is 0 Å². The van der Waals surface area contributed by atoms with Crippen LogP contribution in [-0.4, -0.2) is 29.6 Å². The van der Waals surface area contributed by atoms with Gasteiger partial charge in [-0.3, -0.25) is 4.79 Å². The molecule has 0 spiro atoms. The Morgan fingerprint density at radius 2 is 2.41 bits per heavy atom. The number of carbonyl (C=O) groups is 1. The standard InChI is InChI=1S/C11H14ClN3O2/c12-9-2-1-3-10(14-9)15-11(16)8-5-4-7(6-13)17-8/h1-3,7-8H,4-6,13H2,(H,14,15,16). The van der Waals surface area contributed by atoms with Crippen molar-refractivity contribution in [3.05, 3.63) is 23.4 Å². The van der Waals surface area contributed by atoms with Crippen molar-refractivity contribution >= 4 is 23.3 Å². The van der Waals surface area contributed by atoms with Gasteiger partial charge in [0.25, 0.3) is 5.91 Å². The molecule has 5 nitrogen and oxygen atoms in total. The van der Waals surface area contributed by atoms with Gasteiger partial charge in [-0.05, 0) is 25.0 Å². The molecule has 1 aromatic heterocycles. The predicted octanol–water partition coefficient (Wildman–Crippen LogP) is 1.18. The molecule has 1 aromatic rings. The van der Waals surface area contributed by atoms with Crippen molar-refractivity contribution in [3.63, 3.8) is 0 Å². The number of aromatic nitrogens is 1. The number of nitrogens with two attached hydrogens (primary N) is 1. The Hall–Kier alpha value is -1.17. The summed E-state index contributed by atoms with van der Waals surface area (Å²) >= 11 is 5.72. The van der Waals surface area contributed by atoms with Crippen molar-refractivity contribution in [2.24, 2.45) is 5.73 Å². The lowest BCUT2D eigenvalue weighted by Gasteiger charge is -2.12. The Balaban J connectivity index is 1.93. The van der Waals surface area contributed by atoms with Crippen molar-refractivity contribution < 1.29 is 9.53 Å². The molecular weight excluding hydrogens is 242 g/mol. The van der Waals surface area contributed by atoms with Crippen LogP contribution in [0.3, 0.4) is 0 Å². The SMILES string of the molecule is NCC1CCC(C(=O)Nc2cccc(Cl)n2)O1. The maximum Gasteiger partial charge on any atom is 0.254 e. The van der Waals surface area contributed by atoms with Crippen LogP contribution in [0.4, 0.5) is 5.82 Å². The van der Waals surface area contributed by atoms with E-state index in [1.54, 1.807) is 18.2 Å². The zero-order valence-electron chi connectivity index (χ0n) is 9.23. The molecular formula is C11H14ClN3O2. The Morgan fingerprint density at radius 1 is 1.59 bits per heavy atom. The Kier molecular flexibility index (Phi) is 3.93. The zero-order valence-corrected chi connectivity index (χ0v) is 9.98. The summed E-state index contributed by atoms with van der Waals surface area (Å²) in [6.07, 6.45) is 1.05. The van der Waals surface area contributed by atoms with Crippen LogP contribution >= 0.6 is 11.6 Å². The zero-order chi connectivity index (χ0) is 12.3. The van der Waals surface area contributed by atoms with Crippen LogP contribution in [0.25, 0.3) is 0 Å². The minimum absolute atomic E-state index is 0.0157. The topological polar surface area (TPSA) is 77.2 Å². The number of ether oxygens (including phenoxy) is 1. The molecule has 0 radical (unpaired) electrons. The van der Waals surface area contributed by atoms with Gasteiger partial charge >= 0.3 is 0 Å². The Morgan fingerprint density at radius 3 is 3.06 bits per heavy atom. The Labute approximate surface area is 104 Å². The summed E-state index contributed by atoms with van der Waals surface area (Å²) < 4.78 is 5.48. The molecule has 2 atom stereocenters. The molecule has 1 amide bonds. The van der Waals surface area contributed by atoms with Crippen molar-refractivity contribution in [1.82, 2.24) is 4.98 Å². The molecule has 2 heterocycles. The van der Waals surface area contributed by atoms with Gasteiger partial charge in [-0.1, -0.05) is 17.7 Å². The first-order valence-corrected chi connectivity index (χ1v) is 5.86. The number of amides is 1. The lowest BCUT2D eigenvalue weighted by atomic mass is 10.2. The first kappa shape index (κ1) is 12.3. The van der Waals surface area contributed by atoms with E-state index in [0.29, 0.717) is 23.9 Å². The van der Waals surface area contributed by atoms with Crippen LogP contribution in [-0.2, 0) is 9.53 Å². The first-order chi connectivity index (χ1) is 8.19. The number of anilines is 1. The second kappa shape index (κ2) is 5.44. The van der Waals surface area contributed by atoms with Crippen LogP contribution in [0.1, 0.15) is 12.8 Å². The van der Waals surface area contributed by atoms with Gasteiger partial charge in [0.1, 0.15) is 17.1 Å². The number of pyridine rings is 1. The summed E-state index contributed by atoms with van der Waals surface area (Å²) in [5, 5.41) is 3.01. The molecule has 2 unspecified atom stereocenters. The molecule has 17 heavy (non-hydrogen) atoms. The second-order valence-corrected chi connectivity index (χ2v) is 4.28. The van der Waals surface area contributed by atoms with Crippen LogP contribution < -0.4 is 11.1 Å². The molecule has 1 saturated heterocycles. The highest BCUT2D eigenvalue weighted by molar-refractivity contribution is 6.29. The number of hydrogen-bond acceptors (Lipinski definition) is 4. The summed E-state index contributed by atoms with van der Waals surface area (Å²) in [4.78, 5) is 15.8. The van der Waals surface area contributed by atoms with Gasteiger partial charge in [0.15, 0.2) is 0 Å². The van der Waals surface area contributed by atoms with Gasteiger partial charge in [0.2, 0.25) is 0 Å². The molecule has 0 aliphatic carbocycles. The van der Waals surface area contributed by atoms with Crippen molar-refractivity contribution in [2.45, 2.75) is 25.0 Å². The molecule has 0 aromatic carbocycles. The van der Waals surface area contributed by atoms with Crippen LogP contribution in [0.15, 0.2) is 18.2 Å². The van der Waals surface area contributed by atoms with E-state index in [-0.39, 0.29) is 12.0 Å². The summed E-state index contributed by atoms with van der Waals surface area (Å²) in [7, 11) is 0. The monoisotopic (exact) mass is 255 g/mol. The van der Waals surface area contributed by atoms with Crippen LogP contribution in [0.5, 0.6) is 0 Å². The quantitative estimate of drug-likeness (QED) is 0.795. The van der Waals surface area contributed by atoms with E-state index in [2.05, 4.69) is 10.3 Å². The van der Waals surface area contributed by atoms with Crippen molar-refractivity contribution in [1.29, 1.82) is 0 Å². The average Bonchev–Trinajstić information content (AvgIpc) is 2.77. The molecule has 0 saturated carbocycles. The molecule has 3 N–H and O–H groups in total. The summed E-state index contributed by atoms with van der Waals surface area (Å²) in [6, 6.07) is 5.05. The summed E-state index contributed by atoms with van der Waals surface area (Å²) in [5.74, 6) is 0.234. The number of rotatable bonds is 3. The fourth-order valence-corrected chi connectivity index (χ4v) is 1.92. The van der Waals surface area contributed by atoms with Crippen LogP contribution in [0.2, 0.25) is 5.15 Å². The smallest absolute Gasteiger partial charge is 0.254 e. The van der Waals surface area contributed by atoms with E-state index < -0.39 is 6.10 Å². The maximum absolute atomic E-state index is 11.8. The molecule has 92 valence electrons. The third-order valence-corrected chi connectivity index (χ3v) is 2.84. The fourth-order valence-electron chi connectivity index (χ4n) is 1.76. The van der Waals surface area contributed by atoms with E-state index in [0.717, 1.165) is 6.42 Å². The molecule has 1 fully saturated rings. The third kappa shape index (κ3) is 3.15. The highest BCUT2D eigenvalue weighted by Crippen LogP contribution is 2.20. The number of halogens is 1. The molecule has 1 aliphatic heterocycles. The van der Waals surface area contributed by atoms with Gasteiger partial charge in [-0.2, -0.15) is 0 Å². The fraction of sp³-hybridized carbons (Fsp3) is 0.455. The minimum atomic E-state index is -0.440. The van der Waals surface area contributed by atoms with Crippen molar-refractivity contribution in [2.75, 3.05) is 11.9 Å². The van der Waals surface area contributed by atoms with E-state index in [4.69, 9.17) is 22.1 Å². The highest BCUT2D eigenvalue weighted by Gasteiger charge is 2.29. The minimum Gasteiger partial charge on any atom is -0.364 e. The van der Waals surface area contributed by atoms with Crippen molar-refractivity contribution in [3.8, 4) is 0 Å². The Bertz CT molecular complexity index is 413. The van der Waals surface area contributed by atoms with Gasteiger partial charge in [0.05, 0.1) is 6.10 Å². The van der Waals surface area contributed by atoms with E-state index >= 15 is 0 Å². The molecule has 6 heteroatoms. The predicted molar refractivity (Wildman–Crippen MR) is 64.8 cm³/mol. The van der Waals surface area contributed by atoms with E-state index in [9.17, 15) is 4.79 Å². The van der Waals surface area contributed by atoms with Gasteiger partial charge in [-0.25, -0.2) is 4.98 Å². The van der Waals surface area contributed by atoms with Gasteiger partial charge in [-0.15, -0.1) is 0 Å². The number of nitrogens with zero attached hydrogens (tertiary/aromatic N) is 1. The van der Waals surface area contributed by atoms with Gasteiger partial charge < -0.3 is 15.8 Å². The second-order valence-electron chi connectivity index (χ2n) is 3.89. The third-order valence-electron chi connectivity index (χ3n) is 2.63. The largest absolute Gasteiger partial charge is 0.364 e. The number of hydrogen-bond donors (Lipinski definition) is 2. The highest BCUT2D eigenvalue weighted by atomic mass is 35.5. The maximum atomic E-state index is 11.8. The van der Waals surface area contributed by atoms with E-state index in [1.807, 2.05) is 0 Å². The first-order valence-electron chi connectivity index (χ1n) is 5.48. The summed E-state index contributed by atoms with van der Waals surface area (Å²) in [6.45, 7) is 0.444. The molecule has 1 aliphatic rings. The lowest BCUT2D eigenvalue weighted by molar-refractivity contribution is -0.126. The lowest BCUT2D eigenvalue weighted by Crippen LogP contribution is -2.30. The number of carbonyl (C=O) groups excluding carboxylic acids is 1. The summed E-state index contributed by atoms with van der Waals surface area (Å²) in [5.41, 5.74) is 5.48. The van der Waals surface area contributed by atoms with Gasteiger partial charge in [0, 0.05) is 6.54 Å². The normalized spacial score (nSPS) is 23.6. The van der Waals surface area contributed by atoms with E-state index in [1.165, 1.54) is 0 Å². The average molecular weight is 256 g/mol. The molecule has 0 bridgehead atoms. The molecule has 2 rings (SSSR count).